The van der Waals surface area contributed by atoms with E-state index < -0.39 is 0 Å². The first-order chi connectivity index (χ1) is 8.99. The van der Waals surface area contributed by atoms with Crippen LogP contribution in [0.25, 0.3) is 0 Å². The van der Waals surface area contributed by atoms with Crippen LogP contribution in [0.1, 0.15) is 37.0 Å². The van der Waals surface area contributed by atoms with Gasteiger partial charge in [-0.3, -0.25) is 0 Å². The predicted octanol–water partition coefficient (Wildman–Crippen LogP) is 3.89. The average Bonchev–Trinajstić information content (AvgIpc) is 2.85. The van der Waals surface area contributed by atoms with Gasteiger partial charge >= 0.3 is 0 Å². The van der Waals surface area contributed by atoms with Crippen molar-refractivity contribution in [2.75, 3.05) is 0 Å². The smallest absolute Gasteiger partial charge is 0.140 e. The minimum absolute atomic E-state index is 0.0650. The van der Waals surface area contributed by atoms with Crippen molar-refractivity contribution in [3.63, 3.8) is 0 Å². The zero-order chi connectivity index (χ0) is 13.9. The van der Waals surface area contributed by atoms with Gasteiger partial charge in [-0.15, -0.1) is 11.3 Å². The molecule has 4 heteroatoms. The molecule has 0 spiro atoms. The standard InChI is InChI=1S/C15H16N2OS/c1-15(2,3)13-10-19-14(17-13)9-18-12-6-4-5-11(7-12)8-16/h4-7,10H,9H2,1-3H3. The largest absolute Gasteiger partial charge is 0.486 e. The molecule has 2 rings (SSSR count). The molecule has 0 saturated carbocycles. The molecule has 0 aliphatic heterocycles. The summed E-state index contributed by atoms with van der Waals surface area (Å²) >= 11 is 1.60. The molecule has 0 N–H and O–H groups in total. The van der Waals surface area contributed by atoms with E-state index >= 15 is 0 Å². The topological polar surface area (TPSA) is 45.9 Å². The fourth-order valence-electron chi connectivity index (χ4n) is 1.52. The van der Waals surface area contributed by atoms with Crippen LogP contribution in [0.2, 0.25) is 0 Å². The molecule has 0 bridgehead atoms. The lowest BCUT2D eigenvalue weighted by Crippen LogP contribution is -2.11. The van der Waals surface area contributed by atoms with E-state index in [0.29, 0.717) is 17.9 Å². The summed E-state index contributed by atoms with van der Waals surface area (Å²) in [7, 11) is 0. The number of nitriles is 1. The summed E-state index contributed by atoms with van der Waals surface area (Å²) in [6, 6.07) is 9.25. The predicted molar refractivity (Wildman–Crippen MR) is 76.3 cm³/mol. The second kappa shape index (κ2) is 5.41. The fourth-order valence-corrected chi connectivity index (χ4v) is 2.45. The molecule has 0 atom stereocenters. The SMILES string of the molecule is CC(C)(C)c1csc(COc2cccc(C#N)c2)n1. The van der Waals surface area contributed by atoms with E-state index in [0.717, 1.165) is 10.7 Å². The highest BCUT2D eigenvalue weighted by Crippen LogP contribution is 2.24. The number of rotatable bonds is 3. The summed E-state index contributed by atoms with van der Waals surface area (Å²) in [6.07, 6.45) is 0. The van der Waals surface area contributed by atoms with Gasteiger partial charge in [0.25, 0.3) is 0 Å². The summed E-state index contributed by atoms with van der Waals surface area (Å²) in [6.45, 7) is 6.87. The fraction of sp³-hybridized carbons (Fsp3) is 0.333. The van der Waals surface area contributed by atoms with Crippen molar-refractivity contribution in [3.8, 4) is 11.8 Å². The van der Waals surface area contributed by atoms with Crippen LogP contribution >= 0.6 is 11.3 Å². The van der Waals surface area contributed by atoms with Crippen molar-refractivity contribution < 1.29 is 4.74 Å². The highest BCUT2D eigenvalue weighted by molar-refractivity contribution is 7.09. The zero-order valence-corrected chi connectivity index (χ0v) is 12.1. The third-order valence-electron chi connectivity index (χ3n) is 2.65. The monoisotopic (exact) mass is 272 g/mol. The lowest BCUT2D eigenvalue weighted by atomic mass is 9.93. The molecule has 0 radical (unpaired) electrons. The molecular weight excluding hydrogens is 256 g/mol. The van der Waals surface area contributed by atoms with E-state index in [-0.39, 0.29) is 5.41 Å². The van der Waals surface area contributed by atoms with Crippen molar-refractivity contribution in [3.05, 3.63) is 45.9 Å². The lowest BCUT2D eigenvalue weighted by Gasteiger charge is -2.14. The van der Waals surface area contributed by atoms with E-state index in [1.807, 2.05) is 12.1 Å². The van der Waals surface area contributed by atoms with Gasteiger partial charge in [0.15, 0.2) is 0 Å². The molecule has 1 aromatic heterocycles. The second-order valence-electron chi connectivity index (χ2n) is 5.30. The van der Waals surface area contributed by atoms with Gasteiger partial charge in [-0.05, 0) is 18.2 Å². The van der Waals surface area contributed by atoms with Gasteiger partial charge in [0.2, 0.25) is 0 Å². The molecule has 0 aliphatic rings. The Bertz CT molecular complexity index is 605. The maximum Gasteiger partial charge on any atom is 0.140 e. The van der Waals surface area contributed by atoms with Crippen LogP contribution in [0.4, 0.5) is 0 Å². The maximum atomic E-state index is 8.82. The first-order valence-corrected chi connectivity index (χ1v) is 6.95. The van der Waals surface area contributed by atoms with Crippen LogP contribution < -0.4 is 4.74 Å². The van der Waals surface area contributed by atoms with Gasteiger partial charge in [0.05, 0.1) is 17.3 Å². The minimum Gasteiger partial charge on any atom is -0.486 e. The molecule has 0 unspecified atom stereocenters. The quantitative estimate of drug-likeness (QED) is 0.851. The van der Waals surface area contributed by atoms with E-state index in [1.54, 1.807) is 23.5 Å². The Morgan fingerprint density at radius 3 is 2.79 bits per heavy atom. The van der Waals surface area contributed by atoms with Crippen molar-refractivity contribution in [1.29, 1.82) is 5.26 Å². The summed E-state index contributed by atoms with van der Waals surface area (Å²) in [4.78, 5) is 4.57. The molecule has 1 heterocycles. The Morgan fingerprint density at radius 1 is 1.37 bits per heavy atom. The summed E-state index contributed by atoms with van der Waals surface area (Å²) in [5.74, 6) is 0.701. The van der Waals surface area contributed by atoms with E-state index in [4.69, 9.17) is 10.00 Å². The number of aromatic nitrogens is 1. The molecule has 0 fully saturated rings. The van der Waals surface area contributed by atoms with Gasteiger partial charge in [-0.2, -0.15) is 5.26 Å². The number of hydrogen-bond donors (Lipinski definition) is 0. The van der Waals surface area contributed by atoms with Crippen molar-refractivity contribution in [2.24, 2.45) is 0 Å². The number of nitrogens with zero attached hydrogens (tertiary/aromatic N) is 2. The van der Waals surface area contributed by atoms with Crippen molar-refractivity contribution >= 4 is 11.3 Å². The minimum atomic E-state index is 0.0650. The Morgan fingerprint density at radius 2 is 2.16 bits per heavy atom. The van der Waals surface area contributed by atoms with Gasteiger partial charge in [0, 0.05) is 10.8 Å². The van der Waals surface area contributed by atoms with E-state index in [9.17, 15) is 0 Å². The summed E-state index contributed by atoms with van der Waals surface area (Å²) in [5, 5.41) is 11.8. The third-order valence-corrected chi connectivity index (χ3v) is 3.47. The van der Waals surface area contributed by atoms with Crippen LogP contribution in [-0.4, -0.2) is 4.98 Å². The highest BCUT2D eigenvalue weighted by Gasteiger charge is 2.17. The first kappa shape index (κ1) is 13.6. The maximum absolute atomic E-state index is 8.82. The van der Waals surface area contributed by atoms with Crippen molar-refractivity contribution in [1.82, 2.24) is 4.98 Å². The number of benzene rings is 1. The van der Waals surface area contributed by atoms with Crippen molar-refractivity contribution in [2.45, 2.75) is 32.8 Å². The Balaban J connectivity index is 2.03. The van der Waals surface area contributed by atoms with Gasteiger partial charge in [-0.25, -0.2) is 4.98 Å². The van der Waals surface area contributed by atoms with Crippen LogP contribution in [0, 0.1) is 11.3 Å². The second-order valence-corrected chi connectivity index (χ2v) is 6.25. The van der Waals surface area contributed by atoms with Crippen LogP contribution in [-0.2, 0) is 12.0 Å². The van der Waals surface area contributed by atoms with Crippen LogP contribution in [0.3, 0.4) is 0 Å². The molecule has 1 aromatic carbocycles. The Hall–Kier alpha value is -1.86. The van der Waals surface area contributed by atoms with Crippen LogP contribution in [0.5, 0.6) is 5.75 Å². The lowest BCUT2D eigenvalue weighted by molar-refractivity contribution is 0.305. The van der Waals surface area contributed by atoms with Gasteiger partial charge in [-0.1, -0.05) is 26.8 Å². The normalized spacial score (nSPS) is 11.1. The highest BCUT2D eigenvalue weighted by atomic mass is 32.1. The Kier molecular flexibility index (Phi) is 3.87. The average molecular weight is 272 g/mol. The summed E-state index contributed by atoms with van der Waals surface area (Å²) < 4.78 is 5.66. The first-order valence-electron chi connectivity index (χ1n) is 6.07. The number of ether oxygens (including phenoxy) is 1. The number of thiazole rings is 1. The van der Waals surface area contributed by atoms with Crippen LogP contribution in [0.15, 0.2) is 29.6 Å². The molecule has 19 heavy (non-hydrogen) atoms. The molecule has 0 amide bonds. The molecular formula is C15H16N2OS. The molecule has 3 nitrogen and oxygen atoms in total. The van der Waals surface area contributed by atoms with E-state index in [1.165, 1.54) is 0 Å². The Labute approximate surface area is 117 Å². The molecule has 98 valence electrons. The molecule has 0 saturated heterocycles. The van der Waals surface area contributed by atoms with Gasteiger partial charge in [0.1, 0.15) is 17.4 Å². The zero-order valence-electron chi connectivity index (χ0n) is 11.3. The van der Waals surface area contributed by atoms with E-state index in [2.05, 4.69) is 37.2 Å². The number of hydrogen-bond acceptors (Lipinski definition) is 4. The van der Waals surface area contributed by atoms with Gasteiger partial charge < -0.3 is 4.74 Å². The summed E-state index contributed by atoms with van der Waals surface area (Å²) in [5.41, 5.74) is 1.75. The third kappa shape index (κ3) is 3.55. The molecule has 2 aromatic rings. The molecule has 0 aliphatic carbocycles.